The van der Waals surface area contributed by atoms with E-state index in [2.05, 4.69) is 4.98 Å². The van der Waals surface area contributed by atoms with E-state index in [1.807, 2.05) is 60.7 Å². The maximum absolute atomic E-state index is 13.2. The Morgan fingerprint density at radius 1 is 0.871 bits per heavy atom. The molecule has 0 aliphatic carbocycles. The monoisotopic (exact) mass is 422 g/mol. The van der Waals surface area contributed by atoms with Crippen molar-refractivity contribution in [2.24, 2.45) is 0 Å². The molecule has 0 N–H and O–H groups in total. The number of carbonyl (C=O) groups excluding carboxylic acids is 1. The number of hydrogen-bond acceptors (Lipinski definition) is 3. The molecule has 7 heteroatoms. The van der Waals surface area contributed by atoms with Crippen LogP contribution in [0.1, 0.15) is 21.6 Å². The van der Waals surface area contributed by atoms with Gasteiger partial charge in [0.15, 0.2) is 5.69 Å². The Balaban J connectivity index is 1.61. The number of para-hydroxylation sites is 1. The molecule has 0 unspecified atom stereocenters. The Morgan fingerprint density at radius 3 is 2.10 bits per heavy atom. The zero-order valence-electron chi connectivity index (χ0n) is 16.2. The highest BCUT2D eigenvalue weighted by molar-refractivity contribution is 6.04. The third-order valence-electron chi connectivity index (χ3n) is 4.68. The molecular formula is C24H17F3N2O2. The van der Waals surface area contributed by atoms with E-state index in [-0.39, 0.29) is 17.5 Å². The number of hydrogen-bond donors (Lipinski definition) is 0. The molecule has 0 bridgehead atoms. The zero-order valence-corrected chi connectivity index (χ0v) is 16.2. The van der Waals surface area contributed by atoms with Crippen LogP contribution in [0.4, 0.5) is 18.9 Å². The van der Waals surface area contributed by atoms with Crippen molar-refractivity contribution >= 4 is 11.6 Å². The molecule has 0 aliphatic heterocycles. The molecule has 0 spiro atoms. The van der Waals surface area contributed by atoms with Gasteiger partial charge in [0.05, 0.1) is 12.1 Å². The number of oxazole rings is 1. The van der Waals surface area contributed by atoms with Gasteiger partial charge in [0.1, 0.15) is 6.26 Å². The van der Waals surface area contributed by atoms with Crippen molar-refractivity contribution in [3.8, 4) is 11.5 Å². The second kappa shape index (κ2) is 8.47. The topological polar surface area (TPSA) is 46.3 Å². The quantitative estimate of drug-likeness (QED) is 0.384. The number of alkyl halides is 3. The number of aromatic nitrogens is 1. The SMILES string of the molecule is O=C(c1coc(-c2ccc(C(F)(F)F)cc2)n1)N(Cc1ccccc1)c1ccccc1. The molecule has 4 nitrogen and oxygen atoms in total. The Kier molecular flexibility index (Phi) is 5.58. The number of nitrogens with zero attached hydrogens (tertiary/aromatic N) is 2. The molecule has 156 valence electrons. The predicted molar refractivity (Wildman–Crippen MR) is 110 cm³/mol. The first kappa shape index (κ1) is 20.4. The van der Waals surface area contributed by atoms with Crippen LogP contribution in [-0.4, -0.2) is 10.9 Å². The van der Waals surface area contributed by atoms with Crippen LogP contribution in [0.3, 0.4) is 0 Å². The van der Waals surface area contributed by atoms with Crippen molar-refractivity contribution in [3.05, 3.63) is 108 Å². The third-order valence-corrected chi connectivity index (χ3v) is 4.68. The summed E-state index contributed by atoms with van der Waals surface area (Å²) in [7, 11) is 0. The Hall–Kier alpha value is -3.87. The molecule has 0 saturated heterocycles. The lowest BCUT2D eigenvalue weighted by Gasteiger charge is -2.22. The average molecular weight is 422 g/mol. The van der Waals surface area contributed by atoms with Crippen molar-refractivity contribution in [1.82, 2.24) is 4.98 Å². The average Bonchev–Trinajstić information content (AvgIpc) is 3.28. The minimum absolute atomic E-state index is 0.0645. The Labute approximate surface area is 176 Å². The summed E-state index contributed by atoms with van der Waals surface area (Å²) >= 11 is 0. The maximum Gasteiger partial charge on any atom is 0.416 e. The number of benzene rings is 3. The number of amides is 1. The first-order chi connectivity index (χ1) is 14.9. The van der Waals surface area contributed by atoms with Crippen molar-refractivity contribution in [3.63, 3.8) is 0 Å². The van der Waals surface area contributed by atoms with Crippen molar-refractivity contribution in [2.75, 3.05) is 4.90 Å². The van der Waals surface area contributed by atoms with Crippen molar-refractivity contribution in [1.29, 1.82) is 0 Å². The summed E-state index contributed by atoms with van der Waals surface area (Å²) in [6, 6.07) is 23.1. The maximum atomic E-state index is 13.2. The van der Waals surface area contributed by atoms with Gasteiger partial charge in [-0.3, -0.25) is 4.79 Å². The van der Waals surface area contributed by atoms with Gasteiger partial charge in [-0.05, 0) is 42.0 Å². The molecule has 0 aliphatic rings. The largest absolute Gasteiger partial charge is 0.444 e. The van der Waals surface area contributed by atoms with Gasteiger partial charge in [0.25, 0.3) is 5.91 Å². The number of rotatable bonds is 5. The second-order valence-corrected chi connectivity index (χ2v) is 6.83. The molecule has 3 aromatic carbocycles. The van der Waals surface area contributed by atoms with Gasteiger partial charge < -0.3 is 9.32 Å². The van der Waals surface area contributed by atoms with E-state index in [4.69, 9.17) is 4.42 Å². The van der Waals surface area contributed by atoms with Gasteiger partial charge in [-0.2, -0.15) is 13.2 Å². The molecule has 1 amide bonds. The van der Waals surface area contributed by atoms with Gasteiger partial charge in [0.2, 0.25) is 5.89 Å². The van der Waals surface area contributed by atoms with Gasteiger partial charge in [0, 0.05) is 11.3 Å². The molecule has 1 heterocycles. The van der Waals surface area contributed by atoms with Gasteiger partial charge in [-0.15, -0.1) is 0 Å². The summed E-state index contributed by atoms with van der Waals surface area (Å²) in [5.41, 5.74) is 1.27. The second-order valence-electron chi connectivity index (χ2n) is 6.83. The fraction of sp³-hybridized carbons (Fsp3) is 0.0833. The fourth-order valence-corrected chi connectivity index (χ4v) is 3.10. The molecule has 31 heavy (non-hydrogen) atoms. The fourth-order valence-electron chi connectivity index (χ4n) is 3.10. The number of anilines is 1. The van der Waals surface area contributed by atoms with Crippen LogP contribution in [-0.2, 0) is 12.7 Å². The van der Waals surface area contributed by atoms with Gasteiger partial charge >= 0.3 is 6.18 Å². The highest BCUT2D eigenvalue weighted by Crippen LogP contribution is 2.31. The van der Waals surface area contributed by atoms with E-state index in [1.54, 1.807) is 4.90 Å². The van der Waals surface area contributed by atoms with Gasteiger partial charge in [-0.25, -0.2) is 4.98 Å². The van der Waals surface area contributed by atoms with E-state index in [0.717, 1.165) is 17.7 Å². The van der Waals surface area contributed by atoms with Crippen molar-refractivity contribution < 1.29 is 22.4 Å². The van der Waals surface area contributed by atoms with E-state index in [1.165, 1.54) is 18.4 Å². The summed E-state index contributed by atoms with van der Waals surface area (Å²) < 4.78 is 43.7. The molecule has 1 aromatic heterocycles. The zero-order chi connectivity index (χ0) is 21.8. The standard InChI is InChI=1S/C24H17F3N2O2/c25-24(26,27)19-13-11-18(12-14-19)22-28-21(16-31-22)23(30)29(20-9-5-2-6-10-20)15-17-7-3-1-4-8-17/h1-14,16H,15H2. The molecule has 0 radical (unpaired) electrons. The van der Waals surface area contributed by atoms with Crippen LogP contribution in [0.2, 0.25) is 0 Å². The number of carbonyl (C=O) groups is 1. The first-order valence-corrected chi connectivity index (χ1v) is 9.46. The molecule has 4 aromatic rings. The minimum Gasteiger partial charge on any atom is -0.444 e. The lowest BCUT2D eigenvalue weighted by molar-refractivity contribution is -0.137. The predicted octanol–water partition coefficient (Wildman–Crippen LogP) is 6.21. The van der Waals surface area contributed by atoms with E-state index < -0.39 is 11.7 Å². The summed E-state index contributed by atoms with van der Waals surface area (Å²) in [5.74, 6) is -0.304. The third kappa shape index (κ3) is 4.66. The summed E-state index contributed by atoms with van der Waals surface area (Å²) in [5, 5.41) is 0. The molecule has 4 rings (SSSR count). The molecule has 0 fully saturated rings. The minimum atomic E-state index is -4.43. The lowest BCUT2D eigenvalue weighted by Crippen LogP contribution is -2.30. The van der Waals surface area contributed by atoms with Crippen LogP contribution in [0.5, 0.6) is 0 Å². The number of halogens is 3. The van der Waals surface area contributed by atoms with E-state index in [9.17, 15) is 18.0 Å². The summed E-state index contributed by atoms with van der Waals surface area (Å²) in [6.07, 6.45) is -3.21. The van der Waals surface area contributed by atoms with Crippen LogP contribution < -0.4 is 4.90 Å². The first-order valence-electron chi connectivity index (χ1n) is 9.46. The molecular weight excluding hydrogens is 405 g/mol. The van der Waals surface area contributed by atoms with Crippen LogP contribution >= 0.6 is 0 Å². The van der Waals surface area contributed by atoms with E-state index in [0.29, 0.717) is 17.8 Å². The van der Waals surface area contributed by atoms with Crippen LogP contribution in [0.15, 0.2) is 95.6 Å². The highest BCUT2D eigenvalue weighted by atomic mass is 19.4. The smallest absolute Gasteiger partial charge is 0.416 e. The van der Waals surface area contributed by atoms with Crippen LogP contribution in [0, 0.1) is 0 Å². The van der Waals surface area contributed by atoms with Gasteiger partial charge in [-0.1, -0.05) is 48.5 Å². The summed E-state index contributed by atoms with van der Waals surface area (Å²) in [6.45, 7) is 0.326. The normalized spacial score (nSPS) is 11.3. The highest BCUT2D eigenvalue weighted by Gasteiger charge is 2.30. The van der Waals surface area contributed by atoms with Crippen molar-refractivity contribution in [2.45, 2.75) is 12.7 Å². The lowest BCUT2D eigenvalue weighted by atomic mass is 10.1. The summed E-state index contributed by atoms with van der Waals surface area (Å²) in [4.78, 5) is 19.0. The Morgan fingerprint density at radius 2 is 1.48 bits per heavy atom. The Bertz CT molecular complexity index is 1150. The van der Waals surface area contributed by atoms with Crippen LogP contribution in [0.25, 0.3) is 11.5 Å². The molecule has 0 atom stereocenters. The molecule has 0 saturated carbocycles. The van der Waals surface area contributed by atoms with E-state index >= 15 is 0 Å².